The summed E-state index contributed by atoms with van der Waals surface area (Å²) in [5.74, 6) is 0.0104. The molecule has 0 saturated carbocycles. The zero-order valence-electron chi connectivity index (χ0n) is 5.58. The third-order valence-electron chi connectivity index (χ3n) is 1.54. The van der Waals surface area contributed by atoms with Crippen LogP contribution in [0.15, 0.2) is 0 Å². The topological polar surface area (TPSA) is 59.0 Å². The second kappa shape index (κ2) is 2.79. The predicted molar refractivity (Wildman–Crippen MR) is 40.2 cm³/mol. The van der Waals surface area contributed by atoms with Gasteiger partial charge in [-0.25, -0.2) is 0 Å². The van der Waals surface area contributed by atoms with Crippen molar-refractivity contribution >= 4 is 12.6 Å². The Labute approximate surface area is 65.6 Å². The average molecular weight is 158 g/mol. The zero-order valence-corrected chi connectivity index (χ0v) is 6.47. The summed E-state index contributed by atoms with van der Waals surface area (Å²) in [6, 6.07) is 2.15. The molecule has 2 unspecified atom stereocenters. The molecule has 1 aliphatic rings. The summed E-state index contributed by atoms with van der Waals surface area (Å²) in [7, 11) is 0. The van der Waals surface area contributed by atoms with E-state index in [4.69, 9.17) is 15.7 Å². The highest BCUT2D eigenvalue weighted by molar-refractivity contribution is 7.81. The molecule has 0 amide bonds. The van der Waals surface area contributed by atoms with Crippen LogP contribution in [-0.2, 0) is 4.74 Å². The first-order valence-electron chi connectivity index (χ1n) is 3.19. The fourth-order valence-electron chi connectivity index (χ4n) is 1.00. The van der Waals surface area contributed by atoms with Gasteiger partial charge in [0.2, 0.25) is 0 Å². The lowest BCUT2D eigenvalue weighted by Crippen LogP contribution is -2.42. The van der Waals surface area contributed by atoms with Crippen LogP contribution < -0.4 is 5.73 Å². The smallest absolute Gasteiger partial charge is 0.163 e. The molecule has 0 aromatic heterocycles. The zero-order chi connectivity index (χ0) is 7.61. The van der Waals surface area contributed by atoms with Gasteiger partial charge in [0.15, 0.2) is 5.06 Å². The second-order valence-corrected chi connectivity index (χ2v) is 3.27. The molecule has 1 rings (SSSR count). The van der Waals surface area contributed by atoms with Gasteiger partial charge in [-0.2, -0.15) is 5.26 Å². The van der Waals surface area contributed by atoms with Crippen molar-refractivity contribution in [2.75, 3.05) is 6.61 Å². The van der Waals surface area contributed by atoms with Gasteiger partial charge in [-0.1, -0.05) is 0 Å². The van der Waals surface area contributed by atoms with Crippen LogP contribution in [0, 0.1) is 17.2 Å². The van der Waals surface area contributed by atoms with Crippen LogP contribution in [0.4, 0.5) is 0 Å². The lowest BCUT2D eigenvalue weighted by molar-refractivity contribution is -0.0180. The second-order valence-electron chi connectivity index (χ2n) is 2.51. The van der Waals surface area contributed by atoms with Crippen LogP contribution in [0.3, 0.4) is 0 Å². The van der Waals surface area contributed by atoms with E-state index in [1.165, 1.54) is 0 Å². The van der Waals surface area contributed by atoms with Crippen LogP contribution in [-0.4, -0.2) is 11.7 Å². The molecular formula is C6H10N2OS. The summed E-state index contributed by atoms with van der Waals surface area (Å²) >= 11 is 4.04. The number of nitrogens with zero attached hydrogens (tertiary/aromatic N) is 1. The summed E-state index contributed by atoms with van der Waals surface area (Å²) in [5.41, 5.74) is 5.53. The van der Waals surface area contributed by atoms with Gasteiger partial charge in [-0.05, 0) is 6.42 Å². The molecule has 0 spiro atoms. The molecule has 10 heavy (non-hydrogen) atoms. The molecule has 56 valence electrons. The van der Waals surface area contributed by atoms with Gasteiger partial charge in [-0.3, -0.25) is 5.73 Å². The minimum atomic E-state index is -0.876. The van der Waals surface area contributed by atoms with E-state index in [1.54, 1.807) is 0 Å². The molecule has 2 N–H and O–H groups in total. The Morgan fingerprint density at radius 3 is 2.90 bits per heavy atom. The summed E-state index contributed by atoms with van der Waals surface area (Å²) in [4.78, 5) is 0. The maximum absolute atomic E-state index is 8.53. The van der Waals surface area contributed by atoms with Crippen molar-refractivity contribution in [2.45, 2.75) is 17.9 Å². The van der Waals surface area contributed by atoms with Gasteiger partial charge < -0.3 is 4.74 Å². The van der Waals surface area contributed by atoms with Gasteiger partial charge in [0.05, 0.1) is 18.6 Å². The minimum Gasteiger partial charge on any atom is -0.352 e. The maximum Gasteiger partial charge on any atom is 0.163 e. The van der Waals surface area contributed by atoms with E-state index in [9.17, 15) is 0 Å². The molecule has 1 aliphatic heterocycles. The Kier molecular flexibility index (Phi) is 2.19. The number of nitriles is 1. The van der Waals surface area contributed by atoms with Crippen molar-refractivity contribution in [3.8, 4) is 6.07 Å². The SMILES string of the molecule is N#CC1CCOC(N)(S)C1. The first kappa shape index (κ1) is 7.86. The van der Waals surface area contributed by atoms with Crippen molar-refractivity contribution in [3.63, 3.8) is 0 Å². The van der Waals surface area contributed by atoms with E-state index in [-0.39, 0.29) is 5.92 Å². The van der Waals surface area contributed by atoms with Crippen LogP contribution in [0.2, 0.25) is 0 Å². The third-order valence-corrected chi connectivity index (χ3v) is 1.85. The van der Waals surface area contributed by atoms with Crippen LogP contribution >= 0.6 is 12.6 Å². The molecule has 0 bridgehead atoms. The van der Waals surface area contributed by atoms with Gasteiger partial charge in [0.25, 0.3) is 0 Å². The molecule has 0 radical (unpaired) electrons. The number of hydrogen-bond donors (Lipinski definition) is 2. The molecule has 2 atom stereocenters. The Morgan fingerprint density at radius 1 is 1.80 bits per heavy atom. The van der Waals surface area contributed by atoms with Gasteiger partial charge in [-0.15, -0.1) is 12.6 Å². The lowest BCUT2D eigenvalue weighted by Gasteiger charge is -2.30. The minimum absolute atomic E-state index is 0.0104. The van der Waals surface area contributed by atoms with Crippen molar-refractivity contribution < 1.29 is 4.74 Å². The van der Waals surface area contributed by atoms with E-state index in [0.29, 0.717) is 13.0 Å². The Bertz CT molecular complexity index is 164. The van der Waals surface area contributed by atoms with E-state index in [2.05, 4.69) is 18.7 Å². The lowest BCUT2D eigenvalue weighted by atomic mass is 10.0. The van der Waals surface area contributed by atoms with E-state index in [1.807, 2.05) is 0 Å². The summed E-state index contributed by atoms with van der Waals surface area (Å²) < 4.78 is 5.09. The predicted octanol–water partition coefficient (Wildman–Crippen LogP) is 0.479. The normalized spacial score (nSPS) is 40.7. The molecule has 4 heteroatoms. The van der Waals surface area contributed by atoms with Gasteiger partial charge in [0, 0.05) is 6.42 Å². The molecule has 3 nitrogen and oxygen atoms in total. The number of hydrogen-bond acceptors (Lipinski definition) is 4. The monoisotopic (exact) mass is 158 g/mol. The van der Waals surface area contributed by atoms with Gasteiger partial charge in [0.1, 0.15) is 0 Å². The maximum atomic E-state index is 8.53. The molecule has 1 fully saturated rings. The summed E-state index contributed by atoms with van der Waals surface area (Å²) in [5, 5.41) is 7.65. The number of rotatable bonds is 0. The van der Waals surface area contributed by atoms with E-state index < -0.39 is 5.06 Å². The van der Waals surface area contributed by atoms with E-state index >= 15 is 0 Å². The summed E-state index contributed by atoms with van der Waals surface area (Å²) in [6.45, 7) is 0.540. The number of ether oxygens (including phenoxy) is 1. The summed E-state index contributed by atoms with van der Waals surface area (Å²) in [6.07, 6.45) is 1.29. The first-order chi connectivity index (χ1) is 4.64. The highest BCUT2D eigenvalue weighted by Gasteiger charge is 2.30. The Morgan fingerprint density at radius 2 is 2.50 bits per heavy atom. The largest absolute Gasteiger partial charge is 0.352 e. The molecular weight excluding hydrogens is 148 g/mol. The fourth-order valence-corrected chi connectivity index (χ4v) is 1.31. The standard InChI is InChI=1S/C6H10N2OS/c7-4-5-1-2-9-6(8,10)3-5/h5,10H,1-3,8H2. The van der Waals surface area contributed by atoms with E-state index in [0.717, 1.165) is 6.42 Å². The van der Waals surface area contributed by atoms with Gasteiger partial charge >= 0.3 is 0 Å². The molecule has 1 saturated heterocycles. The fraction of sp³-hybridized carbons (Fsp3) is 0.833. The highest BCUT2D eigenvalue weighted by atomic mass is 32.1. The van der Waals surface area contributed by atoms with Crippen molar-refractivity contribution in [2.24, 2.45) is 11.7 Å². The Balaban J connectivity index is 2.49. The average Bonchev–Trinajstić information content (AvgIpc) is 1.86. The van der Waals surface area contributed by atoms with Crippen molar-refractivity contribution in [3.05, 3.63) is 0 Å². The molecule has 0 aromatic carbocycles. The Hall–Kier alpha value is -0.240. The molecule has 0 aliphatic carbocycles. The first-order valence-corrected chi connectivity index (χ1v) is 3.63. The van der Waals surface area contributed by atoms with Crippen LogP contribution in [0.5, 0.6) is 0 Å². The highest BCUT2D eigenvalue weighted by Crippen LogP contribution is 2.27. The van der Waals surface area contributed by atoms with Crippen LogP contribution in [0.1, 0.15) is 12.8 Å². The van der Waals surface area contributed by atoms with Crippen molar-refractivity contribution in [1.82, 2.24) is 0 Å². The molecule has 0 aromatic rings. The van der Waals surface area contributed by atoms with Crippen molar-refractivity contribution in [1.29, 1.82) is 5.26 Å². The molecule has 1 heterocycles. The number of thiol groups is 1. The third kappa shape index (κ3) is 1.87. The quantitative estimate of drug-likeness (QED) is 0.398. The number of nitrogens with two attached hydrogens (primary N) is 1. The van der Waals surface area contributed by atoms with Crippen LogP contribution in [0.25, 0.3) is 0 Å².